The average Bonchev–Trinajstić information content (AvgIpc) is 3.76. The predicted octanol–water partition coefficient (Wildman–Crippen LogP) is 5.56. The van der Waals surface area contributed by atoms with E-state index >= 15 is 0 Å². The standard InChI is InChI=1S/C40H46N2O6/c1-3-41-35(43)17-29-27(13-21-5-11-31-33(15-21)47-19-45-31)25-8-7-23-24-9-10-26(37(23)39(25)29)40-28(30(38(24)40)18-36(44)42-4-2)14-22-6-12-32-34(16-22)48-20-46-32/h5-12,15-16,23-30,37-40H,3-4,13-14,17-20H2,1-2H3,(H,41,43)(H,42,44)/t23?,24?,25-,26?,27+,28?,29-,30?,37?,38?,39-,40?/m0/s1. The predicted molar refractivity (Wildman–Crippen MR) is 179 cm³/mol. The second-order valence-electron chi connectivity index (χ2n) is 15.1. The number of nitrogens with one attached hydrogen (secondary N) is 2. The molecule has 8 aliphatic rings. The normalized spacial score (nSPS) is 36.7. The minimum Gasteiger partial charge on any atom is -0.454 e. The first-order valence-corrected chi connectivity index (χ1v) is 18.2. The molecule has 0 aromatic heterocycles. The van der Waals surface area contributed by atoms with Crippen molar-refractivity contribution in [3.8, 4) is 23.0 Å². The summed E-state index contributed by atoms with van der Waals surface area (Å²) in [5, 5.41) is 6.21. The van der Waals surface area contributed by atoms with Crippen molar-refractivity contribution in [2.24, 2.45) is 71.0 Å². The summed E-state index contributed by atoms with van der Waals surface area (Å²) in [7, 11) is 0. The molecule has 0 radical (unpaired) electrons. The number of carbonyl (C=O) groups excluding carboxylic acids is 2. The lowest BCUT2D eigenvalue weighted by Gasteiger charge is -2.71. The third-order valence-electron chi connectivity index (χ3n) is 13.2. The summed E-state index contributed by atoms with van der Waals surface area (Å²) in [5.74, 6) is 8.99. The van der Waals surface area contributed by atoms with Gasteiger partial charge < -0.3 is 29.6 Å². The highest BCUT2D eigenvalue weighted by molar-refractivity contribution is 5.77. The van der Waals surface area contributed by atoms with Crippen LogP contribution in [0.15, 0.2) is 60.7 Å². The van der Waals surface area contributed by atoms with Crippen LogP contribution in [0.4, 0.5) is 0 Å². The highest BCUT2D eigenvalue weighted by atomic mass is 16.7. The van der Waals surface area contributed by atoms with Gasteiger partial charge in [-0.05, 0) is 133 Å². The van der Waals surface area contributed by atoms with Gasteiger partial charge in [-0.3, -0.25) is 9.59 Å². The lowest BCUT2D eigenvalue weighted by molar-refractivity contribution is -0.191. The van der Waals surface area contributed by atoms with Crippen molar-refractivity contribution in [3.63, 3.8) is 0 Å². The van der Waals surface area contributed by atoms with Gasteiger partial charge in [0.2, 0.25) is 25.4 Å². The van der Waals surface area contributed by atoms with Crippen LogP contribution in [0.5, 0.6) is 23.0 Å². The molecule has 2 heterocycles. The molecule has 0 spiro atoms. The first kappa shape index (κ1) is 30.1. The number of fused-ring (bicyclic) bond motifs is 3. The van der Waals surface area contributed by atoms with Gasteiger partial charge in [0.15, 0.2) is 23.0 Å². The van der Waals surface area contributed by atoms with Crippen LogP contribution in [0.3, 0.4) is 0 Å². The van der Waals surface area contributed by atoms with Crippen molar-refractivity contribution in [1.29, 1.82) is 0 Å². The number of rotatable bonds is 10. The summed E-state index contributed by atoms with van der Waals surface area (Å²) in [6.07, 6.45) is 13.2. The van der Waals surface area contributed by atoms with Crippen LogP contribution in [0.25, 0.3) is 0 Å². The van der Waals surface area contributed by atoms with Crippen molar-refractivity contribution in [2.75, 3.05) is 26.7 Å². The number of benzene rings is 2. The molecule has 3 saturated carbocycles. The minimum atomic E-state index is 0.170. The Bertz CT molecular complexity index is 1670. The molecule has 8 nitrogen and oxygen atoms in total. The maximum Gasteiger partial charge on any atom is 0.231 e. The third-order valence-corrected chi connectivity index (χ3v) is 13.2. The fraction of sp³-hybridized carbons (Fsp3) is 0.550. The number of allylic oxidation sites excluding steroid dienone is 4. The lowest BCUT2D eigenvalue weighted by Crippen LogP contribution is -2.67. The summed E-state index contributed by atoms with van der Waals surface area (Å²) in [6.45, 7) is 5.87. The quantitative estimate of drug-likeness (QED) is 0.328. The van der Waals surface area contributed by atoms with Crippen LogP contribution in [0.2, 0.25) is 0 Å². The van der Waals surface area contributed by atoms with Gasteiger partial charge in [0, 0.05) is 25.9 Å². The molecule has 2 N–H and O–H groups in total. The molecule has 10 rings (SSSR count). The SMILES string of the molecule is CCNC(=O)CC1C(Cc2ccc3c(c2)OCO3)C2C3C=CC(C4C=C[C@H]5[C@@H](Cc6ccc7c(c6)OCO7)[C@H](CC(=O)NCC)[C@H]5C43)C12. The van der Waals surface area contributed by atoms with Crippen molar-refractivity contribution in [2.45, 2.75) is 39.5 Å². The fourth-order valence-electron chi connectivity index (χ4n) is 11.5. The van der Waals surface area contributed by atoms with E-state index in [9.17, 15) is 9.59 Å². The van der Waals surface area contributed by atoms with Crippen LogP contribution in [-0.2, 0) is 22.4 Å². The van der Waals surface area contributed by atoms with E-state index in [0.29, 0.717) is 96.9 Å². The van der Waals surface area contributed by atoms with E-state index in [2.05, 4.69) is 59.2 Å². The van der Waals surface area contributed by atoms with Gasteiger partial charge >= 0.3 is 0 Å². The van der Waals surface area contributed by atoms with E-state index in [0.717, 1.165) is 35.8 Å². The maximum absolute atomic E-state index is 13.2. The molecular formula is C40H46N2O6. The Morgan fingerprint density at radius 1 is 0.562 bits per heavy atom. The smallest absolute Gasteiger partial charge is 0.231 e. The summed E-state index contributed by atoms with van der Waals surface area (Å²) < 4.78 is 22.6. The van der Waals surface area contributed by atoms with E-state index in [1.165, 1.54) is 11.1 Å². The maximum atomic E-state index is 13.2. The highest BCUT2D eigenvalue weighted by Crippen LogP contribution is 2.71. The first-order valence-electron chi connectivity index (χ1n) is 18.2. The molecule has 2 aromatic rings. The van der Waals surface area contributed by atoms with Crippen molar-refractivity contribution in [3.05, 3.63) is 71.8 Å². The zero-order chi connectivity index (χ0) is 32.5. The second kappa shape index (κ2) is 11.9. The van der Waals surface area contributed by atoms with Gasteiger partial charge in [0.25, 0.3) is 0 Å². The Hall–Kier alpha value is -3.94. The molecule has 2 amide bonds. The lowest BCUT2D eigenvalue weighted by atomic mass is 9.33. The Morgan fingerprint density at radius 2 is 1.02 bits per heavy atom. The average molecular weight is 651 g/mol. The fourth-order valence-corrected chi connectivity index (χ4v) is 11.5. The molecule has 12 atom stereocenters. The molecule has 8 heteroatoms. The van der Waals surface area contributed by atoms with Gasteiger partial charge in [0.05, 0.1) is 0 Å². The Morgan fingerprint density at radius 3 is 1.62 bits per heavy atom. The monoisotopic (exact) mass is 650 g/mol. The van der Waals surface area contributed by atoms with Crippen molar-refractivity contribution >= 4 is 11.8 Å². The second-order valence-corrected chi connectivity index (χ2v) is 15.1. The Kier molecular flexibility index (Phi) is 7.46. The Balaban J connectivity index is 1.02. The molecule has 48 heavy (non-hydrogen) atoms. The molecule has 3 fully saturated rings. The zero-order valence-electron chi connectivity index (χ0n) is 27.8. The van der Waals surface area contributed by atoms with E-state index in [4.69, 9.17) is 18.9 Å². The van der Waals surface area contributed by atoms with E-state index in [-0.39, 0.29) is 25.4 Å². The summed E-state index contributed by atoms with van der Waals surface area (Å²) in [4.78, 5) is 26.3. The third kappa shape index (κ3) is 4.76. The molecule has 0 saturated heterocycles. The minimum absolute atomic E-state index is 0.170. The van der Waals surface area contributed by atoms with Gasteiger partial charge in [0.1, 0.15) is 0 Å². The van der Waals surface area contributed by atoms with Gasteiger partial charge in [-0.2, -0.15) is 0 Å². The van der Waals surface area contributed by atoms with Gasteiger partial charge in [-0.1, -0.05) is 36.4 Å². The highest BCUT2D eigenvalue weighted by Gasteiger charge is 2.67. The van der Waals surface area contributed by atoms with Crippen molar-refractivity contribution < 1.29 is 28.5 Å². The topological polar surface area (TPSA) is 95.1 Å². The molecular weight excluding hydrogens is 604 g/mol. The number of carbonyl (C=O) groups is 2. The summed E-state index contributed by atoms with van der Waals surface area (Å²) >= 11 is 0. The molecule has 6 aliphatic carbocycles. The van der Waals surface area contributed by atoms with Crippen LogP contribution < -0.4 is 29.6 Å². The van der Waals surface area contributed by atoms with Gasteiger partial charge in [-0.15, -0.1) is 0 Å². The molecule has 2 aliphatic heterocycles. The van der Waals surface area contributed by atoms with E-state index in [1.54, 1.807) is 0 Å². The number of ether oxygens (including phenoxy) is 4. The first-order chi connectivity index (χ1) is 23.5. The van der Waals surface area contributed by atoms with Crippen LogP contribution >= 0.6 is 0 Å². The summed E-state index contributed by atoms with van der Waals surface area (Å²) in [5.41, 5.74) is 2.51. The molecule has 252 valence electrons. The van der Waals surface area contributed by atoms with Crippen molar-refractivity contribution in [1.82, 2.24) is 10.6 Å². The van der Waals surface area contributed by atoms with E-state index in [1.807, 2.05) is 26.0 Å². The zero-order valence-corrected chi connectivity index (χ0v) is 27.8. The number of hydrogen-bond donors (Lipinski definition) is 2. The van der Waals surface area contributed by atoms with Gasteiger partial charge in [-0.25, -0.2) is 0 Å². The van der Waals surface area contributed by atoms with Crippen LogP contribution in [-0.4, -0.2) is 38.5 Å². The number of amides is 2. The number of hydrogen-bond acceptors (Lipinski definition) is 6. The molecule has 2 aromatic carbocycles. The van der Waals surface area contributed by atoms with E-state index < -0.39 is 0 Å². The largest absolute Gasteiger partial charge is 0.454 e. The van der Waals surface area contributed by atoms with Crippen LogP contribution in [0, 0.1) is 71.0 Å². The molecule has 8 unspecified atom stereocenters. The Labute approximate surface area is 282 Å². The molecule has 2 bridgehead atoms. The summed E-state index contributed by atoms with van der Waals surface area (Å²) in [6, 6.07) is 12.7. The van der Waals surface area contributed by atoms with Crippen LogP contribution in [0.1, 0.15) is 37.8 Å².